The quantitative estimate of drug-likeness (QED) is 0.744. The third-order valence-corrected chi connectivity index (χ3v) is 2.69. The summed E-state index contributed by atoms with van der Waals surface area (Å²) < 4.78 is 0. The van der Waals surface area contributed by atoms with E-state index in [1.54, 1.807) is 12.1 Å². The first kappa shape index (κ1) is 12.3. The lowest BCUT2D eigenvalue weighted by molar-refractivity contribution is 0.265. The second kappa shape index (κ2) is 4.84. The molecule has 15 heavy (non-hydrogen) atoms. The van der Waals surface area contributed by atoms with Crippen LogP contribution in [0.4, 0.5) is 0 Å². The standard InChI is InChI=1S/C11H16ClNO2/c1-6(2)7-4-11(15)8(3-9(7)12)10(13)5-14/h3-4,6,10,14-15H,5,13H2,1-2H3. The van der Waals surface area contributed by atoms with Gasteiger partial charge in [-0.2, -0.15) is 0 Å². The van der Waals surface area contributed by atoms with E-state index in [4.69, 9.17) is 22.4 Å². The Hall–Kier alpha value is -0.770. The Bertz CT molecular complexity index is 353. The maximum absolute atomic E-state index is 9.72. The predicted molar refractivity (Wildman–Crippen MR) is 61.2 cm³/mol. The molecule has 0 aliphatic carbocycles. The fourth-order valence-corrected chi connectivity index (χ4v) is 1.82. The molecule has 0 aliphatic rings. The summed E-state index contributed by atoms with van der Waals surface area (Å²) in [5.41, 5.74) is 6.98. The van der Waals surface area contributed by atoms with Gasteiger partial charge < -0.3 is 15.9 Å². The van der Waals surface area contributed by atoms with Crippen molar-refractivity contribution in [3.05, 3.63) is 28.3 Å². The summed E-state index contributed by atoms with van der Waals surface area (Å²) in [6.45, 7) is 3.77. The second-order valence-electron chi connectivity index (χ2n) is 3.88. The van der Waals surface area contributed by atoms with Crippen molar-refractivity contribution in [1.82, 2.24) is 0 Å². The molecule has 1 atom stereocenters. The summed E-state index contributed by atoms with van der Waals surface area (Å²) in [5.74, 6) is 0.326. The molecule has 84 valence electrons. The van der Waals surface area contributed by atoms with E-state index in [1.165, 1.54) is 0 Å². The molecule has 1 rings (SSSR count). The van der Waals surface area contributed by atoms with E-state index in [1.807, 2.05) is 13.8 Å². The van der Waals surface area contributed by atoms with Crippen LogP contribution in [0.15, 0.2) is 12.1 Å². The Kier molecular flexibility index (Phi) is 3.97. The minimum Gasteiger partial charge on any atom is -0.508 e. The summed E-state index contributed by atoms with van der Waals surface area (Å²) in [4.78, 5) is 0. The highest BCUT2D eigenvalue weighted by atomic mass is 35.5. The zero-order chi connectivity index (χ0) is 11.6. The van der Waals surface area contributed by atoms with Crippen LogP contribution in [0.1, 0.15) is 36.9 Å². The summed E-state index contributed by atoms with van der Waals surface area (Å²) >= 11 is 6.05. The number of phenolic OH excluding ortho intramolecular Hbond substituents is 1. The van der Waals surface area contributed by atoms with Crippen molar-refractivity contribution in [2.45, 2.75) is 25.8 Å². The van der Waals surface area contributed by atoms with Crippen molar-refractivity contribution < 1.29 is 10.2 Å². The molecule has 0 spiro atoms. The lowest BCUT2D eigenvalue weighted by atomic mass is 9.98. The normalized spacial score (nSPS) is 13.2. The summed E-state index contributed by atoms with van der Waals surface area (Å²) in [5, 5.41) is 19.2. The number of aliphatic hydroxyl groups is 1. The van der Waals surface area contributed by atoms with Gasteiger partial charge in [0, 0.05) is 10.6 Å². The van der Waals surface area contributed by atoms with Crippen LogP contribution in [0.3, 0.4) is 0 Å². The van der Waals surface area contributed by atoms with Crippen LogP contribution in [0.5, 0.6) is 5.75 Å². The molecule has 4 heteroatoms. The van der Waals surface area contributed by atoms with Crippen molar-refractivity contribution in [2.75, 3.05) is 6.61 Å². The number of hydrogen-bond acceptors (Lipinski definition) is 3. The largest absolute Gasteiger partial charge is 0.508 e. The molecule has 0 saturated carbocycles. The van der Waals surface area contributed by atoms with E-state index in [2.05, 4.69) is 0 Å². The molecule has 0 saturated heterocycles. The number of aromatic hydroxyl groups is 1. The van der Waals surface area contributed by atoms with Crippen LogP contribution >= 0.6 is 11.6 Å². The van der Waals surface area contributed by atoms with Crippen LogP contribution in [-0.2, 0) is 0 Å². The minimum absolute atomic E-state index is 0.0876. The van der Waals surface area contributed by atoms with Gasteiger partial charge in [-0.1, -0.05) is 25.4 Å². The first-order chi connectivity index (χ1) is 6.97. The first-order valence-electron chi connectivity index (χ1n) is 4.86. The SMILES string of the molecule is CC(C)c1cc(O)c(C(N)CO)cc1Cl. The van der Waals surface area contributed by atoms with E-state index in [0.717, 1.165) is 5.56 Å². The van der Waals surface area contributed by atoms with Gasteiger partial charge in [-0.05, 0) is 23.6 Å². The van der Waals surface area contributed by atoms with Crippen LogP contribution < -0.4 is 5.73 Å². The Morgan fingerprint density at radius 3 is 2.40 bits per heavy atom. The molecule has 0 amide bonds. The molecule has 0 fully saturated rings. The van der Waals surface area contributed by atoms with Gasteiger partial charge >= 0.3 is 0 Å². The molecule has 0 heterocycles. The Morgan fingerprint density at radius 2 is 1.93 bits per heavy atom. The third-order valence-electron chi connectivity index (χ3n) is 2.36. The number of rotatable bonds is 3. The Balaban J connectivity index is 3.19. The summed E-state index contributed by atoms with van der Waals surface area (Å²) in [7, 11) is 0. The number of nitrogens with two attached hydrogens (primary N) is 1. The van der Waals surface area contributed by atoms with Crippen molar-refractivity contribution in [3.63, 3.8) is 0 Å². The molecule has 1 unspecified atom stereocenters. The van der Waals surface area contributed by atoms with Gasteiger partial charge in [0.2, 0.25) is 0 Å². The van der Waals surface area contributed by atoms with E-state index in [-0.39, 0.29) is 18.3 Å². The fraction of sp³-hybridized carbons (Fsp3) is 0.455. The molecule has 1 aromatic carbocycles. The zero-order valence-electron chi connectivity index (χ0n) is 8.87. The number of halogens is 1. The maximum Gasteiger partial charge on any atom is 0.120 e. The van der Waals surface area contributed by atoms with Gasteiger partial charge in [-0.3, -0.25) is 0 Å². The van der Waals surface area contributed by atoms with Crippen molar-refractivity contribution in [3.8, 4) is 5.75 Å². The van der Waals surface area contributed by atoms with Crippen LogP contribution in [0.2, 0.25) is 5.02 Å². The van der Waals surface area contributed by atoms with Crippen LogP contribution in [0, 0.1) is 0 Å². The predicted octanol–water partition coefficient (Wildman–Crippen LogP) is 2.16. The number of aliphatic hydroxyl groups excluding tert-OH is 1. The van der Waals surface area contributed by atoms with Gasteiger partial charge in [0.1, 0.15) is 5.75 Å². The molecular weight excluding hydrogens is 214 g/mol. The monoisotopic (exact) mass is 229 g/mol. The molecular formula is C11H16ClNO2. The van der Waals surface area contributed by atoms with Gasteiger partial charge in [0.25, 0.3) is 0 Å². The van der Waals surface area contributed by atoms with E-state index in [9.17, 15) is 5.11 Å². The number of hydrogen-bond donors (Lipinski definition) is 3. The average Bonchev–Trinajstić information content (AvgIpc) is 2.19. The number of phenols is 1. The number of benzene rings is 1. The molecule has 1 aromatic rings. The van der Waals surface area contributed by atoms with Crippen molar-refractivity contribution in [1.29, 1.82) is 0 Å². The second-order valence-corrected chi connectivity index (χ2v) is 4.28. The Morgan fingerprint density at radius 1 is 1.33 bits per heavy atom. The summed E-state index contributed by atoms with van der Waals surface area (Å²) in [6, 6.07) is 2.63. The molecule has 0 aliphatic heterocycles. The lowest BCUT2D eigenvalue weighted by Gasteiger charge is -2.15. The molecule has 0 bridgehead atoms. The molecule has 0 radical (unpaired) electrons. The minimum atomic E-state index is -0.594. The highest BCUT2D eigenvalue weighted by Crippen LogP contribution is 2.33. The molecule has 3 nitrogen and oxygen atoms in total. The van der Waals surface area contributed by atoms with Crippen LogP contribution in [-0.4, -0.2) is 16.8 Å². The third kappa shape index (κ3) is 2.62. The van der Waals surface area contributed by atoms with Gasteiger partial charge in [0.05, 0.1) is 12.6 Å². The average molecular weight is 230 g/mol. The van der Waals surface area contributed by atoms with E-state index >= 15 is 0 Å². The van der Waals surface area contributed by atoms with Crippen molar-refractivity contribution in [2.24, 2.45) is 5.73 Å². The highest BCUT2D eigenvalue weighted by molar-refractivity contribution is 6.31. The van der Waals surface area contributed by atoms with Gasteiger partial charge in [-0.15, -0.1) is 0 Å². The molecule has 4 N–H and O–H groups in total. The highest BCUT2D eigenvalue weighted by Gasteiger charge is 2.14. The topological polar surface area (TPSA) is 66.5 Å². The zero-order valence-corrected chi connectivity index (χ0v) is 9.62. The lowest BCUT2D eigenvalue weighted by Crippen LogP contribution is -2.14. The summed E-state index contributed by atoms with van der Waals surface area (Å²) in [6.07, 6.45) is 0. The molecule has 0 aromatic heterocycles. The van der Waals surface area contributed by atoms with Gasteiger partial charge in [0.15, 0.2) is 0 Å². The smallest absolute Gasteiger partial charge is 0.120 e. The maximum atomic E-state index is 9.72. The van der Waals surface area contributed by atoms with Crippen LogP contribution in [0.25, 0.3) is 0 Å². The fourth-order valence-electron chi connectivity index (χ4n) is 1.43. The first-order valence-corrected chi connectivity index (χ1v) is 5.24. The van der Waals surface area contributed by atoms with E-state index < -0.39 is 6.04 Å². The van der Waals surface area contributed by atoms with Crippen molar-refractivity contribution >= 4 is 11.6 Å². The van der Waals surface area contributed by atoms with Gasteiger partial charge in [-0.25, -0.2) is 0 Å². The Labute approximate surface area is 94.5 Å². The van der Waals surface area contributed by atoms with E-state index in [0.29, 0.717) is 10.6 Å².